The van der Waals surface area contributed by atoms with Crippen LogP contribution in [0.1, 0.15) is 5.56 Å². The van der Waals surface area contributed by atoms with Crippen LogP contribution in [0.25, 0.3) is 10.8 Å². The Balaban J connectivity index is 1.90. The Morgan fingerprint density at radius 2 is 2.18 bits per heavy atom. The summed E-state index contributed by atoms with van der Waals surface area (Å²) in [5, 5.41) is 5.73. The molecule has 3 aromatic rings. The summed E-state index contributed by atoms with van der Waals surface area (Å²) in [7, 11) is 0. The van der Waals surface area contributed by atoms with E-state index in [1.54, 1.807) is 12.5 Å². The van der Waals surface area contributed by atoms with Crippen LogP contribution in [0.3, 0.4) is 0 Å². The average Bonchev–Trinajstić information content (AvgIpc) is 2.89. The zero-order valence-electron chi connectivity index (χ0n) is 9.26. The first-order valence-corrected chi connectivity index (χ1v) is 5.51. The topological polar surface area (TPSA) is 38.1 Å². The van der Waals surface area contributed by atoms with Crippen LogP contribution in [0.5, 0.6) is 0 Å². The van der Waals surface area contributed by atoms with Gasteiger partial charge >= 0.3 is 0 Å². The molecule has 84 valence electrons. The number of fused-ring (bicyclic) bond motifs is 1. The van der Waals surface area contributed by atoms with Crippen LogP contribution in [-0.4, -0.2) is 4.98 Å². The van der Waals surface area contributed by atoms with Crippen LogP contribution < -0.4 is 5.32 Å². The third kappa shape index (κ3) is 1.99. The van der Waals surface area contributed by atoms with Gasteiger partial charge in [0.1, 0.15) is 0 Å². The van der Waals surface area contributed by atoms with Crippen molar-refractivity contribution in [3.63, 3.8) is 0 Å². The van der Waals surface area contributed by atoms with Gasteiger partial charge in [0.25, 0.3) is 0 Å². The van der Waals surface area contributed by atoms with Crippen LogP contribution in [0.2, 0.25) is 0 Å². The number of benzene rings is 1. The van der Waals surface area contributed by atoms with E-state index in [0.29, 0.717) is 0 Å². The zero-order chi connectivity index (χ0) is 11.5. The van der Waals surface area contributed by atoms with Gasteiger partial charge < -0.3 is 9.73 Å². The quantitative estimate of drug-likeness (QED) is 0.740. The Morgan fingerprint density at radius 3 is 3.06 bits per heavy atom. The molecule has 3 heteroatoms. The molecule has 3 nitrogen and oxygen atoms in total. The molecular formula is C14H12N2O. The van der Waals surface area contributed by atoms with Crippen LogP contribution in [0.4, 0.5) is 5.69 Å². The summed E-state index contributed by atoms with van der Waals surface area (Å²) < 4.78 is 5.04. The lowest BCUT2D eigenvalue weighted by molar-refractivity contribution is 0.564. The second kappa shape index (κ2) is 4.29. The third-order valence-electron chi connectivity index (χ3n) is 2.74. The molecule has 0 saturated heterocycles. The van der Waals surface area contributed by atoms with E-state index in [1.807, 2.05) is 30.6 Å². The molecular weight excluding hydrogens is 212 g/mol. The summed E-state index contributed by atoms with van der Waals surface area (Å²) in [6, 6.07) is 10.1. The predicted octanol–water partition coefficient (Wildman–Crippen LogP) is 3.44. The van der Waals surface area contributed by atoms with E-state index in [4.69, 9.17) is 4.42 Å². The molecule has 0 radical (unpaired) electrons. The molecule has 17 heavy (non-hydrogen) atoms. The number of furan rings is 1. The van der Waals surface area contributed by atoms with Crippen molar-refractivity contribution in [2.75, 3.05) is 5.32 Å². The first-order valence-electron chi connectivity index (χ1n) is 5.51. The van der Waals surface area contributed by atoms with E-state index in [1.165, 1.54) is 5.39 Å². The minimum absolute atomic E-state index is 0.762. The fourth-order valence-electron chi connectivity index (χ4n) is 1.87. The van der Waals surface area contributed by atoms with E-state index in [9.17, 15) is 0 Å². The Kier molecular flexibility index (Phi) is 2.50. The minimum atomic E-state index is 0.762. The second-order valence-corrected chi connectivity index (χ2v) is 3.89. The highest BCUT2D eigenvalue weighted by Crippen LogP contribution is 2.22. The average molecular weight is 224 g/mol. The number of nitrogens with one attached hydrogen (secondary N) is 1. The summed E-state index contributed by atoms with van der Waals surface area (Å²) in [5.41, 5.74) is 2.25. The number of nitrogens with zero attached hydrogens (tertiary/aromatic N) is 1. The van der Waals surface area contributed by atoms with E-state index in [0.717, 1.165) is 23.2 Å². The summed E-state index contributed by atoms with van der Waals surface area (Å²) in [6.07, 6.45) is 7.12. The van der Waals surface area contributed by atoms with Crippen LogP contribution in [0, 0.1) is 0 Å². The highest BCUT2D eigenvalue weighted by Gasteiger charge is 2.00. The Bertz CT molecular complexity index is 612. The Labute approximate surface area is 99.1 Å². The number of anilines is 1. The summed E-state index contributed by atoms with van der Waals surface area (Å²) in [6.45, 7) is 0.762. The number of hydrogen-bond acceptors (Lipinski definition) is 3. The van der Waals surface area contributed by atoms with Crippen LogP contribution in [-0.2, 0) is 6.54 Å². The number of rotatable bonds is 3. The van der Waals surface area contributed by atoms with Gasteiger partial charge in [-0.05, 0) is 18.2 Å². The van der Waals surface area contributed by atoms with Crippen molar-refractivity contribution in [2.45, 2.75) is 6.54 Å². The fraction of sp³-hybridized carbons (Fsp3) is 0.0714. The zero-order valence-corrected chi connectivity index (χ0v) is 9.26. The molecule has 0 unspecified atom stereocenters. The summed E-state index contributed by atoms with van der Waals surface area (Å²) in [5.74, 6) is 0. The molecule has 0 spiro atoms. The lowest BCUT2D eigenvalue weighted by atomic mass is 10.1. The van der Waals surface area contributed by atoms with Crippen molar-refractivity contribution in [3.05, 3.63) is 60.8 Å². The molecule has 1 aromatic carbocycles. The van der Waals surface area contributed by atoms with Crippen LogP contribution in [0.15, 0.2) is 59.7 Å². The highest BCUT2D eigenvalue weighted by molar-refractivity contribution is 5.93. The number of hydrogen-bond donors (Lipinski definition) is 1. The van der Waals surface area contributed by atoms with Gasteiger partial charge in [0.15, 0.2) is 0 Å². The number of pyridine rings is 1. The highest BCUT2D eigenvalue weighted by atomic mass is 16.3. The first-order chi connectivity index (χ1) is 8.43. The van der Waals surface area contributed by atoms with Crippen LogP contribution >= 0.6 is 0 Å². The van der Waals surface area contributed by atoms with Crippen molar-refractivity contribution in [3.8, 4) is 0 Å². The lowest BCUT2D eigenvalue weighted by Gasteiger charge is -2.08. The van der Waals surface area contributed by atoms with Crippen molar-refractivity contribution in [1.82, 2.24) is 4.98 Å². The molecule has 1 N–H and O–H groups in total. The molecule has 0 aliphatic heterocycles. The molecule has 0 atom stereocenters. The van der Waals surface area contributed by atoms with E-state index >= 15 is 0 Å². The molecule has 0 fully saturated rings. The van der Waals surface area contributed by atoms with Crippen molar-refractivity contribution in [1.29, 1.82) is 0 Å². The smallest absolute Gasteiger partial charge is 0.0952 e. The molecule has 3 rings (SSSR count). The fourth-order valence-corrected chi connectivity index (χ4v) is 1.87. The summed E-state index contributed by atoms with van der Waals surface area (Å²) in [4.78, 5) is 4.12. The van der Waals surface area contributed by atoms with Gasteiger partial charge in [0, 0.05) is 41.0 Å². The second-order valence-electron chi connectivity index (χ2n) is 3.89. The van der Waals surface area contributed by atoms with Gasteiger partial charge in [-0.2, -0.15) is 0 Å². The minimum Gasteiger partial charge on any atom is -0.472 e. The normalized spacial score (nSPS) is 10.6. The van der Waals surface area contributed by atoms with Crippen molar-refractivity contribution in [2.24, 2.45) is 0 Å². The van der Waals surface area contributed by atoms with Gasteiger partial charge in [-0.25, -0.2) is 0 Å². The van der Waals surface area contributed by atoms with Gasteiger partial charge in [-0.1, -0.05) is 12.1 Å². The maximum absolute atomic E-state index is 5.04. The number of aromatic nitrogens is 1. The molecule has 0 aliphatic rings. The standard InChI is InChI=1S/C14H12N2O/c1-2-12-9-15-6-4-13(12)14(3-1)16-8-11-5-7-17-10-11/h1-7,9-10,16H,8H2. The maximum Gasteiger partial charge on any atom is 0.0952 e. The molecule has 0 bridgehead atoms. The molecule has 2 heterocycles. The van der Waals surface area contributed by atoms with Gasteiger partial charge in [-0.15, -0.1) is 0 Å². The Hall–Kier alpha value is -2.29. The molecule has 2 aromatic heterocycles. The third-order valence-corrected chi connectivity index (χ3v) is 2.74. The predicted molar refractivity (Wildman–Crippen MR) is 67.8 cm³/mol. The van der Waals surface area contributed by atoms with E-state index in [-0.39, 0.29) is 0 Å². The lowest BCUT2D eigenvalue weighted by Crippen LogP contribution is -1.98. The maximum atomic E-state index is 5.04. The molecule has 0 amide bonds. The molecule has 0 aliphatic carbocycles. The van der Waals surface area contributed by atoms with Gasteiger partial charge in [-0.3, -0.25) is 4.98 Å². The monoisotopic (exact) mass is 224 g/mol. The van der Waals surface area contributed by atoms with Gasteiger partial charge in [0.05, 0.1) is 12.5 Å². The SMILES string of the molecule is c1cc(NCc2ccoc2)c2ccncc2c1. The van der Waals surface area contributed by atoms with Gasteiger partial charge in [0.2, 0.25) is 0 Å². The Morgan fingerprint density at radius 1 is 1.18 bits per heavy atom. The van der Waals surface area contributed by atoms with Crippen molar-refractivity contribution >= 4 is 16.5 Å². The van der Waals surface area contributed by atoms with Crippen molar-refractivity contribution < 1.29 is 4.42 Å². The van der Waals surface area contributed by atoms with E-state index in [2.05, 4.69) is 22.4 Å². The van der Waals surface area contributed by atoms with E-state index < -0.39 is 0 Å². The molecule has 0 saturated carbocycles. The first kappa shape index (κ1) is 9.90. The largest absolute Gasteiger partial charge is 0.472 e. The summed E-state index contributed by atoms with van der Waals surface area (Å²) >= 11 is 0.